The summed E-state index contributed by atoms with van der Waals surface area (Å²) < 4.78 is 11.0. The summed E-state index contributed by atoms with van der Waals surface area (Å²) in [5.41, 5.74) is 7.31. The van der Waals surface area contributed by atoms with Gasteiger partial charge in [0.1, 0.15) is 11.5 Å². The molecule has 0 radical (unpaired) electrons. The molecular formula is C19H24N2O3. The van der Waals surface area contributed by atoms with Gasteiger partial charge in [0.2, 0.25) is 0 Å². The van der Waals surface area contributed by atoms with Gasteiger partial charge in [0.25, 0.3) is 5.91 Å². The van der Waals surface area contributed by atoms with Gasteiger partial charge in [-0.15, -0.1) is 0 Å². The molecule has 2 heterocycles. The molecule has 2 atom stereocenters. The Morgan fingerprint density at radius 3 is 2.54 bits per heavy atom. The van der Waals surface area contributed by atoms with Crippen molar-refractivity contribution in [2.45, 2.75) is 20.3 Å². The van der Waals surface area contributed by atoms with Crippen LogP contribution in [0.25, 0.3) is 11.3 Å². The van der Waals surface area contributed by atoms with E-state index in [0.717, 1.165) is 25.1 Å². The summed E-state index contributed by atoms with van der Waals surface area (Å²) in [7, 11) is 1.58. The molecule has 0 bridgehead atoms. The van der Waals surface area contributed by atoms with E-state index in [4.69, 9.17) is 14.9 Å². The number of hydrogen-bond donors (Lipinski definition) is 1. The largest absolute Gasteiger partial charge is 0.495 e. The number of hydrogen-bond acceptors (Lipinski definition) is 4. The van der Waals surface area contributed by atoms with Crippen molar-refractivity contribution >= 4 is 11.6 Å². The SMILES string of the molecule is COc1ccc(-c2ccc(C(=O)N3C[C@@H](C)C[C@H](C)C3)o2)cc1N. The van der Waals surface area contributed by atoms with Gasteiger partial charge in [0.05, 0.1) is 12.8 Å². The normalized spacial score (nSPS) is 20.9. The molecule has 2 N–H and O–H groups in total. The molecule has 1 aromatic heterocycles. The van der Waals surface area contributed by atoms with Crippen molar-refractivity contribution in [1.29, 1.82) is 0 Å². The second-order valence-corrected chi connectivity index (χ2v) is 6.78. The minimum atomic E-state index is -0.0406. The predicted octanol–water partition coefficient (Wildman–Crippen LogP) is 3.66. The lowest BCUT2D eigenvalue weighted by Crippen LogP contribution is -2.42. The monoisotopic (exact) mass is 328 g/mol. The van der Waals surface area contributed by atoms with E-state index in [1.807, 2.05) is 17.0 Å². The minimum Gasteiger partial charge on any atom is -0.495 e. The van der Waals surface area contributed by atoms with Crippen LogP contribution in [0.5, 0.6) is 5.75 Å². The van der Waals surface area contributed by atoms with Gasteiger partial charge in [-0.05, 0) is 48.6 Å². The fourth-order valence-electron chi connectivity index (χ4n) is 3.48. The van der Waals surface area contributed by atoms with Gasteiger partial charge in [0, 0.05) is 18.7 Å². The van der Waals surface area contributed by atoms with E-state index in [2.05, 4.69) is 13.8 Å². The third kappa shape index (κ3) is 3.25. The number of likely N-dealkylation sites (tertiary alicyclic amines) is 1. The quantitative estimate of drug-likeness (QED) is 0.873. The second-order valence-electron chi connectivity index (χ2n) is 6.78. The summed E-state index contributed by atoms with van der Waals surface area (Å²) in [6, 6.07) is 9.00. The summed E-state index contributed by atoms with van der Waals surface area (Å²) in [4.78, 5) is 14.6. The molecule has 1 aromatic carbocycles. The molecule has 1 amide bonds. The van der Waals surface area contributed by atoms with Crippen molar-refractivity contribution in [2.24, 2.45) is 11.8 Å². The van der Waals surface area contributed by atoms with E-state index in [1.165, 1.54) is 0 Å². The lowest BCUT2D eigenvalue weighted by molar-refractivity contribution is 0.0592. The Labute approximate surface area is 142 Å². The van der Waals surface area contributed by atoms with Gasteiger partial charge in [0.15, 0.2) is 5.76 Å². The van der Waals surface area contributed by atoms with Gasteiger partial charge in [-0.25, -0.2) is 0 Å². The van der Waals surface area contributed by atoms with Crippen LogP contribution in [0, 0.1) is 11.8 Å². The average Bonchev–Trinajstić information content (AvgIpc) is 3.03. The summed E-state index contributed by atoms with van der Waals surface area (Å²) in [6.07, 6.45) is 1.16. The number of piperidine rings is 1. The lowest BCUT2D eigenvalue weighted by Gasteiger charge is -2.34. The van der Waals surface area contributed by atoms with Crippen molar-refractivity contribution < 1.29 is 13.9 Å². The zero-order valence-electron chi connectivity index (χ0n) is 14.4. The summed E-state index contributed by atoms with van der Waals surface area (Å²) in [6.45, 7) is 5.94. The molecule has 1 aliphatic rings. The smallest absolute Gasteiger partial charge is 0.289 e. The van der Waals surface area contributed by atoms with E-state index in [9.17, 15) is 4.79 Å². The Balaban J connectivity index is 1.80. The van der Waals surface area contributed by atoms with Crippen LogP contribution in [0.2, 0.25) is 0 Å². The minimum absolute atomic E-state index is 0.0406. The highest BCUT2D eigenvalue weighted by Gasteiger charge is 2.27. The van der Waals surface area contributed by atoms with Crippen molar-refractivity contribution in [2.75, 3.05) is 25.9 Å². The van der Waals surface area contributed by atoms with Crippen molar-refractivity contribution in [3.05, 3.63) is 36.1 Å². The lowest BCUT2D eigenvalue weighted by atomic mass is 9.92. The molecule has 128 valence electrons. The number of anilines is 1. The van der Waals surface area contributed by atoms with Gasteiger partial charge in [-0.1, -0.05) is 13.8 Å². The third-order valence-electron chi connectivity index (χ3n) is 4.49. The topological polar surface area (TPSA) is 68.7 Å². The molecule has 0 spiro atoms. The highest BCUT2D eigenvalue weighted by molar-refractivity contribution is 5.92. The molecule has 5 nitrogen and oxygen atoms in total. The van der Waals surface area contributed by atoms with E-state index in [0.29, 0.717) is 34.8 Å². The Bertz CT molecular complexity index is 728. The number of rotatable bonds is 3. The van der Waals surface area contributed by atoms with Crippen LogP contribution in [0.1, 0.15) is 30.8 Å². The first-order chi connectivity index (χ1) is 11.5. The number of carbonyl (C=O) groups excluding carboxylic acids is 1. The number of amides is 1. The second kappa shape index (κ2) is 6.59. The number of furan rings is 1. The third-order valence-corrected chi connectivity index (χ3v) is 4.49. The first-order valence-electron chi connectivity index (χ1n) is 8.31. The Kier molecular flexibility index (Phi) is 4.51. The maximum Gasteiger partial charge on any atom is 0.289 e. The van der Waals surface area contributed by atoms with E-state index < -0.39 is 0 Å². The number of nitrogen functional groups attached to an aromatic ring is 1. The zero-order valence-corrected chi connectivity index (χ0v) is 14.4. The highest BCUT2D eigenvalue weighted by atomic mass is 16.5. The fraction of sp³-hybridized carbons (Fsp3) is 0.421. The van der Waals surface area contributed by atoms with Crippen LogP contribution in [0.15, 0.2) is 34.7 Å². The van der Waals surface area contributed by atoms with Crippen molar-refractivity contribution in [3.8, 4) is 17.1 Å². The number of nitrogens with two attached hydrogens (primary N) is 1. The molecule has 3 rings (SSSR count). The molecule has 2 aromatic rings. The summed E-state index contributed by atoms with van der Waals surface area (Å²) in [5, 5.41) is 0. The molecule has 1 fully saturated rings. The molecule has 0 aliphatic carbocycles. The van der Waals surface area contributed by atoms with Gasteiger partial charge >= 0.3 is 0 Å². The summed E-state index contributed by atoms with van der Waals surface area (Å²) >= 11 is 0. The maximum absolute atomic E-state index is 12.7. The molecule has 1 aliphatic heterocycles. The predicted molar refractivity (Wildman–Crippen MR) is 94.0 cm³/mol. The molecular weight excluding hydrogens is 304 g/mol. The van der Waals surface area contributed by atoms with Crippen LogP contribution in [-0.4, -0.2) is 31.0 Å². The van der Waals surface area contributed by atoms with E-state index >= 15 is 0 Å². The number of methoxy groups -OCH3 is 1. The Morgan fingerprint density at radius 1 is 1.21 bits per heavy atom. The molecule has 0 unspecified atom stereocenters. The fourth-order valence-corrected chi connectivity index (χ4v) is 3.48. The van der Waals surface area contributed by atoms with Crippen LogP contribution < -0.4 is 10.5 Å². The van der Waals surface area contributed by atoms with Crippen LogP contribution in [0.3, 0.4) is 0 Å². The van der Waals surface area contributed by atoms with Crippen molar-refractivity contribution in [3.63, 3.8) is 0 Å². The van der Waals surface area contributed by atoms with Gasteiger partial charge < -0.3 is 19.8 Å². The first kappa shape index (κ1) is 16.4. The Morgan fingerprint density at radius 2 is 1.92 bits per heavy atom. The molecule has 0 saturated carbocycles. The molecule has 1 saturated heterocycles. The van der Waals surface area contributed by atoms with Crippen LogP contribution in [-0.2, 0) is 0 Å². The highest BCUT2D eigenvalue weighted by Crippen LogP contribution is 2.30. The zero-order chi connectivity index (χ0) is 17.3. The standard InChI is InChI=1S/C19H24N2O3/c1-12-8-13(2)11-21(10-12)19(22)18-7-6-16(24-18)14-4-5-17(23-3)15(20)9-14/h4-7,9,12-13H,8,10-11,20H2,1-3H3/t12-,13-/m0/s1. The molecule has 24 heavy (non-hydrogen) atoms. The van der Waals surface area contributed by atoms with Crippen molar-refractivity contribution in [1.82, 2.24) is 4.90 Å². The number of benzene rings is 1. The maximum atomic E-state index is 12.7. The summed E-state index contributed by atoms with van der Waals surface area (Å²) in [5.74, 6) is 2.63. The van der Waals surface area contributed by atoms with Crippen LogP contribution in [0.4, 0.5) is 5.69 Å². The Hall–Kier alpha value is -2.43. The van der Waals surface area contributed by atoms with E-state index in [-0.39, 0.29) is 5.91 Å². The average molecular weight is 328 g/mol. The number of ether oxygens (including phenoxy) is 1. The van der Waals surface area contributed by atoms with Gasteiger partial charge in [-0.3, -0.25) is 4.79 Å². The van der Waals surface area contributed by atoms with E-state index in [1.54, 1.807) is 25.3 Å². The number of nitrogens with zero attached hydrogens (tertiary/aromatic N) is 1. The first-order valence-corrected chi connectivity index (χ1v) is 8.31. The van der Waals surface area contributed by atoms with Crippen LogP contribution >= 0.6 is 0 Å². The molecule has 5 heteroatoms. The van der Waals surface area contributed by atoms with Gasteiger partial charge in [-0.2, -0.15) is 0 Å². The number of carbonyl (C=O) groups is 1.